The van der Waals surface area contributed by atoms with E-state index in [-0.39, 0.29) is 46.9 Å². The SMILES string of the molecule is Cc1c[nH]c(NC(=O)C2CN(c3nc4c(cc3F)c(=O)c(C(=O)O)cn4-c3ncns3)C2)c1. The van der Waals surface area contributed by atoms with Crippen LogP contribution in [0, 0.1) is 18.7 Å². The number of carbonyl (C=O) groups is 2. The Labute approximate surface area is 188 Å². The van der Waals surface area contributed by atoms with E-state index in [4.69, 9.17) is 0 Å². The molecule has 3 N–H and O–H groups in total. The van der Waals surface area contributed by atoms with Crippen molar-refractivity contribution >= 4 is 46.1 Å². The number of aromatic amines is 1. The molecule has 168 valence electrons. The van der Waals surface area contributed by atoms with Crippen molar-refractivity contribution in [1.29, 1.82) is 0 Å². The Morgan fingerprint density at radius 2 is 2.12 bits per heavy atom. The van der Waals surface area contributed by atoms with Crippen LogP contribution in [0.1, 0.15) is 15.9 Å². The predicted octanol–water partition coefficient (Wildman–Crippen LogP) is 1.79. The summed E-state index contributed by atoms with van der Waals surface area (Å²) < 4.78 is 20.1. The number of carboxylic acids is 1. The second kappa shape index (κ2) is 7.78. The lowest BCUT2D eigenvalue weighted by atomic mass is 9.99. The summed E-state index contributed by atoms with van der Waals surface area (Å²) in [5.41, 5.74) is -0.353. The zero-order valence-electron chi connectivity index (χ0n) is 17.1. The van der Waals surface area contributed by atoms with Gasteiger partial charge in [0.15, 0.2) is 17.3 Å². The molecule has 33 heavy (non-hydrogen) atoms. The number of nitrogens with one attached hydrogen (secondary N) is 2. The number of fused-ring (bicyclic) bond motifs is 1. The van der Waals surface area contributed by atoms with E-state index in [1.807, 2.05) is 6.92 Å². The van der Waals surface area contributed by atoms with Gasteiger partial charge in [-0.2, -0.15) is 4.37 Å². The Bertz CT molecular complexity index is 1460. The highest BCUT2D eigenvalue weighted by molar-refractivity contribution is 7.08. The second-order valence-electron chi connectivity index (χ2n) is 7.62. The Morgan fingerprint density at radius 3 is 2.76 bits per heavy atom. The van der Waals surface area contributed by atoms with Crippen molar-refractivity contribution in [3.63, 3.8) is 0 Å². The summed E-state index contributed by atoms with van der Waals surface area (Å²) >= 11 is 0.966. The number of nitrogens with zero attached hydrogens (tertiary/aromatic N) is 5. The average Bonchev–Trinajstić information content (AvgIpc) is 3.40. The molecule has 13 heteroatoms. The fourth-order valence-electron chi connectivity index (χ4n) is 3.63. The van der Waals surface area contributed by atoms with Crippen LogP contribution in [0.25, 0.3) is 16.2 Å². The van der Waals surface area contributed by atoms with Crippen LogP contribution in [0.4, 0.5) is 16.0 Å². The molecule has 1 fully saturated rings. The topological polar surface area (TPSA) is 146 Å². The summed E-state index contributed by atoms with van der Waals surface area (Å²) in [6, 6.07) is 2.77. The molecule has 0 aliphatic carbocycles. The summed E-state index contributed by atoms with van der Waals surface area (Å²) in [5, 5.41) is 12.3. The Morgan fingerprint density at radius 1 is 1.33 bits per heavy atom. The van der Waals surface area contributed by atoms with E-state index in [2.05, 4.69) is 24.6 Å². The van der Waals surface area contributed by atoms with Crippen molar-refractivity contribution in [2.45, 2.75) is 6.92 Å². The van der Waals surface area contributed by atoms with Crippen LogP contribution in [0.15, 0.2) is 35.6 Å². The summed E-state index contributed by atoms with van der Waals surface area (Å²) in [4.78, 5) is 49.5. The van der Waals surface area contributed by atoms with Gasteiger partial charge in [-0.25, -0.2) is 19.2 Å². The summed E-state index contributed by atoms with van der Waals surface area (Å²) in [7, 11) is 0. The molecular formula is C20H16FN7O4S. The standard InChI is InChI=1S/C20H16FN7O4S/c1-9-2-14(22-4-9)25-18(30)10-5-27(6-10)17-13(21)3-11-15(29)12(19(31)32)7-28(16(11)26-17)20-23-8-24-33-20/h2-4,7-8,10,22H,5-6H2,1H3,(H,25,30)(H,31,32). The van der Waals surface area contributed by atoms with Gasteiger partial charge in [0.1, 0.15) is 17.7 Å². The highest BCUT2D eigenvalue weighted by atomic mass is 32.1. The lowest BCUT2D eigenvalue weighted by Crippen LogP contribution is -2.52. The molecule has 0 radical (unpaired) electrons. The summed E-state index contributed by atoms with van der Waals surface area (Å²) in [5.74, 6) is -2.26. The molecule has 11 nitrogen and oxygen atoms in total. The molecule has 1 amide bonds. The number of hydrogen-bond acceptors (Lipinski definition) is 8. The van der Waals surface area contributed by atoms with Crippen molar-refractivity contribution in [3.05, 3.63) is 58.0 Å². The van der Waals surface area contributed by atoms with E-state index in [0.29, 0.717) is 5.82 Å². The van der Waals surface area contributed by atoms with Crippen molar-refractivity contribution in [3.8, 4) is 5.13 Å². The number of aromatic nitrogens is 5. The lowest BCUT2D eigenvalue weighted by molar-refractivity contribution is -0.120. The van der Waals surface area contributed by atoms with E-state index < -0.39 is 22.8 Å². The van der Waals surface area contributed by atoms with Gasteiger partial charge in [-0.1, -0.05) is 0 Å². The number of carboxylic acid groups (broad SMARTS) is 1. The summed E-state index contributed by atoms with van der Waals surface area (Å²) in [6.45, 7) is 2.36. The van der Waals surface area contributed by atoms with E-state index in [9.17, 15) is 23.9 Å². The molecule has 0 aromatic carbocycles. The molecule has 0 unspecified atom stereocenters. The number of hydrogen-bond donors (Lipinski definition) is 3. The minimum Gasteiger partial charge on any atom is -0.477 e. The van der Waals surface area contributed by atoms with Crippen LogP contribution in [-0.4, -0.2) is 54.0 Å². The fourth-order valence-corrected chi connectivity index (χ4v) is 4.14. The number of anilines is 2. The average molecular weight is 469 g/mol. The van der Waals surface area contributed by atoms with Gasteiger partial charge in [-0.15, -0.1) is 0 Å². The maximum atomic E-state index is 14.9. The van der Waals surface area contributed by atoms with E-state index in [1.54, 1.807) is 17.2 Å². The minimum absolute atomic E-state index is 0.0389. The molecule has 5 heterocycles. The third kappa shape index (κ3) is 3.61. The Balaban J connectivity index is 1.48. The summed E-state index contributed by atoms with van der Waals surface area (Å²) in [6.07, 6.45) is 4.15. The van der Waals surface area contributed by atoms with Gasteiger partial charge in [0.2, 0.25) is 16.5 Å². The van der Waals surface area contributed by atoms with Gasteiger partial charge in [-0.05, 0) is 24.6 Å². The first-order valence-electron chi connectivity index (χ1n) is 9.79. The van der Waals surface area contributed by atoms with Gasteiger partial charge in [0.05, 0.1) is 11.3 Å². The molecule has 5 rings (SSSR count). The number of amides is 1. The number of H-pyrrole nitrogens is 1. The zero-order chi connectivity index (χ0) is 23.3. The molecule has 1 saturated heterocycles. The maximum absolute atomic E-state index is 14.9. The number of pyridine rings is 2. The molecule has 0 atom stereocenters. The second-order valence-corrected chi connectivity index (χ2v) is 8.38. The van der Waals surface area contributed by atoms with Crippen LogP contribution in [0.5, 0.6) is 0 Å². The number of carbonyl (C=O) groups excluding carboxylic acids is 1. The van der Waals surface area contributed by atoms with Gasteiger partial charge in [0, 0.05) is 37.0 Å². The van der Waals surface area contributed by atoms with Gasteiger partial charge in [0.25, 0.3) is 0 Å². The highest BCUT2D eigenvalue weighted by Crippen LogP contribution is 2.29. The van der Waals surface area contributed by atoms with Crippen LogP contribution in [-0.2, 0) is 4.79 Å². The first-order chi connectivity index (χ1) is 15.8. The quantitative estimate of drug-likeness (QED) is 0.401. The third-order valence-corrected chi connectivity index (χ3v) is 6.00. The number of aryl methyl sites for hydroxylation is 1. The van der Waals surface area contributed by atoms with Gasteiger partial charge in [-0.3, -0.25) is 14.2 Å². The monoisotopic (exact) mass is 469 g/mol. The highest BCUT2D eigenvalue weighted by Gasteiger charge is 2.35. The molecular weight excluding hydrogens is 453 g/mol. The van der Waals surface area contributed by atoms with Crippen molar-refractivity contribution in [1.82, 2.24) is 23.9 Å². The maximum Gasteiger partial charge on any atom is 0.341 e. The molecule has 1 aliphatic heterocycles. The molecule has 4 aromatic heterocycles. The van der Waals surface area contributed by atoms with Crippen molar-refractivity contribution < 1.29 is 19.1 Å². The van der Waals surface area contributed by atoms with Crippen LogP contribution in [0.2, 0.25) is 0 Å². The molecule has 4 aromatic rings. The number of halogens is 1. The predicted molar refractivity (Wildman–Crippen MR) is 118 cm³/mol. The first kappa shape index (κ1) is 20.8. The number of rotatable bonds is 5. The zero-order valence-corrected chi connectivity index (χ0v) is 17.9. The van der Waals surface area contributed by atoms with Crippen molar-refractivity contribution in [2.24, 2.45) is 5.92 Å². The Kier molecular flexibility index (Phi) is 4.89. The normalized spacial score (nSPS) is 13.8. The minimum atomic E-state index is -1.45. The molecule has 1 aliphatic rings. The largest absolute Gasteiger partial charge is 0.477 e. The third-order valence-electron chi connectivity index (χ3n) is 5.34. The smallest absolute Gasteiger partial charge is 0.341 e. The van der Waals surface area contributed by atoms with E-state index in [0.717, 1.165) is 29.4 Å². The van der Waals surface area contributed by atoms with Crippen LogP contribution < -0.4 is 15.6 Å². The van der Waals surface area contributed by atoms with Gasteiger partial charge < -0.3 is 20.3 Å². The van der Waals surface area contributed by atoms with Gasteiger partial charge >= 0.3 is 5.97 Å². The molecule has 0 saturated carbocycles. The van der Waals surface area contributed by atoms with Crippen molar-refractivity contribution in [2.75, 3.05) is 23.3 Å². The van der Waals surface area contributed by atoms with Crippen LogP contribution >= 0.6 is 11.5 Å². The Hall–Kier alpha value is -4.13. The first-order valence-corrected chi connectivity index (χ1v) is 10.6. The fraction of sp³-hybridized carbons (Fsp3) is 0.200. The number of aromatic carboxylic acids is 1. The van der Waals surface area contributed by atoms with E-state index >= 15 is 0 Å². The van der Waals surface area contributed by atoms with E-state index in [1.165, 1.54) is 10.9 Å². The van der Waals surface area contributed by atoms with Crippen LogP contribution in [0.3, 0.4) is 0 Å². The lowest BCUT2D eigenvalue weighted by Gasteiger charge is -2.39. The molecule has 0 spiro atoms. The molecule has 0 bridgehead atoms.